The van der Waals surface area contributed by atoms with Crippen LogP contribution in [0.1, 0.15) is 51.6 Å². The van der Waals surface area contributed by atoms with E-state index in [0.717, 1.165) is 25.3 Å². The Kier molecular flexibility index (Phi) is 7.06. The van der Waals surface area contributed by atoms with E-state index in [-0.39, 0.29) is 0 Å². The third kappa shape index (κ3) is 5.17. The molecule has 0 aliphatic rings. The maximum atomic E-state index is 6.09. The fourth-order valence-corrected chi connectivity index (χ4v) is 2.24. The first-order valence-electron chi connectivity index (χ1n) is 6.73. The third-order valence-corrected chi connectivity index (χ3v) is 3.76. The molecule has 0 fully saturated rings. The lowest BCUT2D eigenvalue weighted by molar-refractivity contribution is 0.441. The lowest BCUT2D eigenvalue weighted by atomic mass is 9.97. The van der Waals surface area contributed by atoms with Gasteiger partial charge in [-0.3, -0.25) is 0 Å². The summed E-state index contributed by atoms with van der Waals surface area (Å²) in [7, 11) is 0. The minimum absolute atomic E-state index is 0.377. The van der Waals surface area contributed by atoms with Gasteiger partial charge in [-0.1, -0.05) is 50.0 Å². The van der Waals surface area contributed by atoms with Gasteiger partial charge in [0.2, 0.25) is 0 Å². The van der Waals surface area contributed by atoms with E-state index >= 15 is 0 Å². The molecular weight excluding hydrogens is 265 g/mol. The van der Waals surface area contributed by atoms with Gasteiger partial charge in [-0.2, -0.15) is 0 Å². The van der Waals surface area contributed by atoms with E-state index < -0.39 is 0 Å². The molecule has 1 aromatic carbocycles. The normalized spacial score (nSPS) is 13.0. The standard InChI is InChI=1S/C15H23Cl2N/c1-4-9-18-15(8-5-11(2)3)12-6-7-13(16)14(17)10-12/h6-7,10-11,15,18H,4-5,8-9H2,1-3H3. The summed E-state index contributed by atoms with van der Waals surface area (Å²) in [5.74, 6) is 0.721. The Hall–Kier alpha value is -0.240. The van der Waals surface area contributed by atoms with Crippen LogP contribution in [0.5, 0.6) is 0 Å². The molecule has 0 saturated heterocycles. The number of nitrogens with one attached hydrogen (secondary N) is 1. The van der Waals surface area contributed by atoms with Crippen LogP contribution in [0.3, 0.4) is 0 Å². The highest BCUT2D eigenvalue weighted by Crippen LogP contribution is 2.28. The molecule has 102 valence electrons. The van der Waals surface area contributed by atoms with Gasteiger partial charge in [-0.15, -0.1) is 0 Å². The van der Waals surface area contributed by atoms with E-state index in [4.69, 9.17) is 23.2 Å². The average Bonchev–Trinajstić information content (AvgIpc) is 2.33. The van der Waals surface area contributed by atoms with Crippen LogP contribution in [0.15, 0.2) is 18.2 Å². The number of benzene rings is 1. The van der Waals surface area contributed by atoms with Crippen molar-refractivity contribution in [1.29, 1.82) is 0 Å². The molecule has 18 heavy (non-hydrogen) atoms. The molecule has 1 aromatic rings. The fraction of sp³-hybridized carbons (Fsp3) is 0.600. The van der Waals surface area contributed by atoms with Gasteiger partial charge in [0.15, 0.2) is 0 Å². The topological polar surface area (TPSA) is 12.0 Å². The molecule has 1 N–H and O–H groups in total. The van der Waals surface area contributed by atoms with Crippen molar-refractivity contribution in [2.75, 3.05) is 6.54 Å². The lowest BCUT2D eigenvalue weighted by Crippen LogP contribution is -2.22. The quantitative estimate of drug-likeness (QED) is 0.701. The largest absolute Gasteiger partial charge is 0.310 e. The van der Waals surface area contributed by atoms with Gasteiger partial charge in [0, 0.05) is 6.04 Å². The van der Waals surface area contributed by atoms with E-state index in [0.29, 0.717) is 16.1 Å². The summed E-state index contributed by atoms with van der Waals surface area (Å²) in [4.78, 5) is 0. The van der Waals surface area contributed by atoms with Crippen molar-refractivity contribution < 1.29 is 0 Å². The van der Waals surface area contributed by atoms with E-state index in [9.17, 15) is 0 Å². The van der Waals surface area contributed by atoms with Gasteiger partial charge in [0.1, 0.15) is 0 Å². The molecule has 0 radical (unpaired) electrons. The van der Waals surface area contributed by atoms with Gasteiger partial charge in [-0.05, 0) is 49.4 Å². The molecule has 1 atom stereocenters. The Morgan fingerprint density at radius 1 is 1.11 bits per heavy atom. The molecule has 0 aromatic heterocycles. The SMILES string of the molecule is CCCNC(CCC(C)C)c1ccc(Cl)c(Cl)c1. The Balaban J connectivity index is 2.76. The summed E-state index contributed by atoms with van der Waals surface area (Å²) in [6, 6.07) is 6.32. The number of hydrogen-bond donors (Lipinski definition) is 1. The Bertz CT molecular complexity index is 364. The highest BCUT2D eigenvalue weighted by molar-refractivity contribution is 6.42. The molecule has 0 aliphatic heterocycles. The predicted octanol–water partition coefficient (Wildman–Crippen LogP) is 5.47. The molecule has 1 nitrogen and oxygen atoms in total. The van der Waals surface area contributed by atoms with E-state index in [1.807, 2.05) is 12.1 Å². The van der Waals surface area contributed by atoms with Crippen LogP contribution in [-0.4, -0.2) is 6.54 Å². The van der Waals surface area contributed by atoms with Crippen molar-refractivity contribution in [3.8, 4) is 0 Å². The molecule has 0 spiro atoms. The van der Waals surface area contributed by atoms with Crippen LogP contribution >= 0.6 is 23.2 Å². The molecular formula is C15H23Cl2N. The smallest absolute Gasteiger partial charge is 0.0595 e. The minimum atomic E-state index is 0.377. The maximum Gasteiger partial charge on any atom is 0.0595 e. The number of rotatable bonds is 7. The molecule has 1 rings (SSSR count). The zero-order chi connectivity index (χ0) is 13.5. The maximum absolute atomic E-state index is 6.09. The van der Waals surface area contributed by atoms with Crippen LogP contribution in [0.25, 0.3) is 0 Å². The van der Waals surface area contributed by atoms with Crippen LogP contribution in [0, 0.1) is 5.92 Å². The zero-order valence-corrected chi connectivity index (χ0v) is 13.0. The second-order valence-electron chi connectivity index (χ2n) is 5.15. The van der Waals surface area contributed by atoms with Gasteiger partial charge in [-0.25, -0.2) is 0 Å². The van der Waals surface area contributed by atoms with Crippen LogP contribution < -0.4 is 5.32 Å². The molecule has 0 aliphatic carbocycles. The van der Waals surface area contributed by atoms with Crippen molar-refractivity contribution >= 4 is 23.2 Å². The number of hydrogen-bond acceptors (Lipinski definition) is 1. The van der Waals surface area contributed by atoms with Gasteiger partial charge < -0.3 is 5.32 Å². The summed E-state index contributed by atoms with van der Waals surface area (Å²) >= 11 is 12.1. The van der Waals surface area contributed by atoms with Crippen molar-refractivity contribution in [3.63, 3.8) is 0 Å². The molecule has 1 unspecified atom stereocenters. The van der Waals surface area contributed by atoms with Crippen molar-refractivity contribution in [1.82, 2.24) is 5.32 Å². The summed E-state index contributed by atoms with van der Waals surface area (Å²) in [5, 5.41) is 4.85. The average molecular weight is 288 g/mol. The first-order chi connectivity index (χ1) is 8.54. The Labute approximate surface area is 121 Å². The van der Waals surface area contributed by atoms with E-state index in [1.165, 1.54) is 12.0 Å². The van der Waals surface area contributed by atoms with Gasteiger partial charge in [0.05, 0.1) is 10.0 Å². The summed E-state index contributed by atoms with van der Waals surface area (Å²) in [6.45, 7) is 7.72. The van der Waals surface area contributed by atoms with Crippen LogP contribution in [-0.2, 0) is 0 Å². The summed E-state index contributed by atoms with van der Waals surface area (Å²) < 4.78 is 0. The summed E-state index contributed by atoms with van der Waals surface area (Å²) in [5.41, 5.74) is 1.23. The Morgan fingerprint density at radius 3 is 2.39 bits per heavy atom. The molecule has 0 bridgehead atoms. The second-order valence-corrected chi connectivity index (χ2v) is 5.97. The Morgan fingerprint density at radius 2 is 1.83 bits per heavy atom. The van der Waals surface area contributed by atoms with Crippen molar-refractivity contribution in [2.24, 2.45) is 5.92 Å². The van der Waals surface area contributed by atoms with E-state index in [2.05, 4.69) is 32.2 Å². The van der Waals surface area contributed by atoms with Crippen molar-refractivity contribution in [3.05, 3.63) is 33.8 Å². The molecule has 0 heterocycles. The highest BCUT2D eigenvalue weighted by atomic mass is 35.5. The minimum Gasteiger partial charge on any atom is -0.310 e. The van der Waals surface area contributed by atoms with Gasteiger partial charge in [0.25, 0.3) is 0 Å². The van der Waals surface area contributed by atoms with Gasteiger partial charge >= 0.3 is 0 Å². The van der Waals surface area contributed by atoms with E-state index in [1.54, 1.807) is 0 Å². The molecule has 0 amide bonds. The third-order valence-electron chi connectivity index (χ3n) is 3.02. The summed E-state index contributed by atoms with van der Waals surface area (Å²) in [6.07, 6.45) is 3.48. The molecule has 0 saturated carbocycles. The number of halogens is 2. The second kappa shape index (κ2) is 8.04. The lowest BCUT2D eigenvalue weighted by Gasteiger charge is -2.20. The zero-order valence-electron chi connectivity index (χ0n) is 11.5. The first-order valence-corrected chi connectivity index (χ1v) is 7.48. The van der Waals surface area contributed by atoms with Crippen LogP contribution in [0.4, 0.5) is 0 Å². The van der Waals surface area contributed by atoms with Crippen LogP contribution in [0.2, 0.25) is 10.0 Å². The monoisotopic (exact) mass is 287 g/mol. The van der Waals surface area contributed by atoms with Crippen molar-refractivity contribution in [2.45, 2.75) is 46.1 Å². The fourth-order valence-electron chi connectivity index (χ4n) is 1.93. The molecule has 3 heteroatoms. The first kappa shape index (κ1) is 15.8. The predicted molar refractivity (Wildman–Crippen MR) is 81.6 cm³/mol. The highest BCUT2D eigenvalue weighted by Gasteiger charge is 2.12.